The van der Waals surface area contributed by atoms with E-state index >= 15 is 0 Å². The molecule has 148 valence electrons. The molecule has 0 bridgehead atoms. The van der Waals surface area contributed by atoms with E-state index in [1.807, 2.05) is 37.3 Å². The Kier molecular flexibility index (Phi) is 7.62. The fourth-order valence-electron chi connectivity index (χ4n) is 2.89. The molecule has 0 radical (unpaired) electrons. The van der Waals surface area contributed by atoms with Gasteiger partial charge in [-0.05, 0) is 64.8 Å². The van der Waals surface area contributed by atoms with Gasteiger partial charge >= 0.3 is 0 Å². The topological polar surface area (TPSA) is 46.2 Å². The van der Waals surface area contributed by atoms with Crippen LogP contribution < -0.4 is 4.72 Å². The number of sulfonamides is 1. The van der Waals surface area contributed by atoms with Gasteiger partial charge < -0.3 is 0 Å². The summed E-state index contributed by atoms with van der Waals surface area (Å²) in [7, 11) is -3.45. The van der Waals surface area contributed by atoms with E-state index in [9.17, 15) is 8.42 Å². The summed E-state index contributed by atoms with van der Waals surface area (Å²) in [6.07, 6.45) is 3.58. The van der Waals surface area contributed by atoms with Gasteiger partial charge in [0.15, 0.2) is 0 Å². The highest BCUT2D eigenvalue weighted by Gasteiger charge is 2.15. The SMILES string of the molecule is C/C(=C\CCNS(=O)(=O)c1ccc(C)cc1)CC(C)(C)C#Cc1ccccc1. The van der Waals surface area contributed by atoms with Crippen LogP contribution in [0.4, 0.5) is 0 Å². The third kappa shape index (κ3) is 7.34. The van der Waals surface area contributed by atoms with Gasteiger partial charge in [-0.25, -0.2) is 13.1 Å². The molecule has 2 aromatic carbocycles. The summed E-state index contributed by atoms with van der Waals surface area (Å²) < 4.78 is 27.2. The van der Waals surface area contributed by atoms with Crippen LogP contribution in [-0.4, -0.2) is 15.0 Å². The summed E-state index contributed by atoms with van der Waals surface area (Å²) in [5.74, 6) is 6.58. The van der Waals surface area contributed by atoms with Crippen LogP contribution in [0.5, 0.6) is 0 Å². The van der Waals surface area contributed by atoms with E-state index in [0.29, 0.717) is 17.9 Å². The average Bonchev–Trinajstić information content (AvgIpc) is 2.65. The molecule has 0 fully saturated rings. The first-order valence-electron chi connectivity index (χ1n) is 9.48. The van der Waals surface area contributed by atoms with E-state index in [1.54, 1.807) is 24.3 Å². The number of rotatable bonds is 7. The molecule has 0 aliphatic carbocycles. The Labute approximate surface area is 169 Å². The van der Waals surface area contributed by atoms with Crippen molar-refractivity contribution in [1.82, 2.24) is 4.72 Å². The largest absolute Gasteiger partial charge is 0.240 e. The van der Waals surface area contributed by atoms with Gasteiger partial charge in [0.05, 0.1) is 4.90 Å². The van der Waals surface area contributed by atoms with Crippen LogP contribution in [0, 0.1) is 24.2 Å². The van der Waals surface area contributed by atoms with Crippen molar-refractivity contribution in [1.29, 1.82) is 0 Å². The molecule has 4 heteroatoms. The van der Waals surface area contributed by atoms with Crippen LogP contribution in [0.25, 0.3) is 0 Å². The molecule has 0 saturated heterocycles. The predicted octanol–water partition coefficient (Wildman–Crippen LogP) is 5.08. The van der Waals surface area contributed by atoms with Crippen molar-refractivity contribution in [2.75, 3.05) is 6.54 Å². The van der Waals surface area contributed by atoms with Crippen LogP contribution >= 0.6 is 0 Å². The third-order valence-electron chi connectivity index (χ3n) is 4.30. The lowest BCUT2D eigenvalue weighted by atomic mass is 9.86. The monoisotopic (exact) mass is 395 g/mol. The molecule has 0 spiro atoms. The molecule has 0 unspecified atom stereocenters. The maximum absolute atomic E-state index is 12.3. The number of hydrogen-bond donors (Lipinski definition) is 1. The quantitative estimate of drug-likeness (QED) is 0.404. The van der Waals surface area contributed by atoms with Gasteiger partial charge in [-0.1, -0.05) is 59.4 Å². The normalized spacial score (nSPS) is 12.4. The summed E-state index contributed by atoms with van der Waals surface area (Å²) in [5.41, 5.74) is 3.12. The first-order chi connectivity index (χ1) is 13.2. The molecule has 3 nitrogen and oxygen atoms in total. The Balaban J connectivity index is 1.87. The van der Waals surface area contributed by atoms with Gasteiger partial charge in [-0.15, -0.1) is 0 Å². The van der Waals surface area contributed by atoms with Gasteiger partial charge in [-0.3, -0.25) is 0 Å². The van der Waals surface area contributed by atoms with Crippen LogP contribution in [-0.2, 0) is 10.0 Å². The molecular formula is C24H29NO2S. The second-order valence-corrected chi connectivity index (χ2v) is 9.49. The zero-order valence-electron chi connectivity index (χ0n) is 17.1. The van der Waals surface area contributed by atoms with Gasteiger partial charge in [0.1, 0.15) is 0 Å². The van der Waals surface area contributed by atoms with E-state index in [4.69, 9.17) is 0 Å². The average molecular weight is 396 g/mol. The lowest BCUT2D eigenvalue weighted by Crippen LogP contribution is -2.24. The minimum atomic E-state index is -3.45. The van der Waals surface area contributed by atoms with Crippen molar-refractivity contribution in [2.45, 2.75) is 45.4 Å². The Morgan fingerprint density at radius 2 is 1.71 bits per heavy atom. The van der Waals surface area contributed by atoms with Crippen molar-refractivity contribution in [3.63, 3.8) is 0 Å². The molecule has 0 aromatic heterocycles. The molecule has 0 atom stereocenters. The lowest BCUT2D eigenvalue weighted by molar-refractivity contribution is 0.497. The van der Waals surface area contributed by atoms with Gasteiger partial charge in [0.25, 0.3) is 0 Å². The van der Waals surface area contributed by atoms with Crippen LogP contribution in [0.1, 0.15) is 44.7 Å². The fraction of sp³-hybridized carbons (Fsp3) is 0.333. The van der Waals surface area contributed by atoms with Crippen molar-refractivity contribution in [3.05, 3.63) is 77.4 Å². The molecule has 2 aromatic rings. The summed E-state index contributed by atoms with van der Waals surface area (Å²) in [6.45, 7) is 8.63. The van der Waals surface area contributed by atoms with Crippen LogP contribution in [0.3, 0.4) is 0 Å². The standard InChI is InChI=1S/C24H29NO2S/c1-20-12-14-23(15-13-20)28(26,27)25-18-8-9-21(2)19-24(3,4)17-16-22-10-6-5-7-11-22/h5-7,9-15,25H,8,18-19H2,1-4H3/b21-9+. The van der Waals surface area contributed by atoms with Gasteiger partial charge in [0.2, 0.25) is 10.0 Å². The highest BCUT2D eigenvalue weighted by Crippen LogP contribution is 2.24. The van der Waals surface area contributed by atoms with Crippen LogP contribution in [0.15, 0.2) is 71.1 Å². The molecule has 0 aliphatic rings. The van der Waals surface area contributed by atoms with E-state index in [1.165, 1.54) is 5.57 Å². The first kappa shape index (κ1) is 21.9. The van der Waals surface area contributed by atoms with Gasteiger partial charge in [0, 0.05) is 17.5 Å². The van der Waals surface area contributed by atoms with Crippen molar-refractivity contribution < 1.29 is 8.42 Å². The molecule has 2 rings (SSSR count). The molecule has 0 amide bonds. The molecular weight excluding hydrogens is 366 g/mol. The molecule has 0 saturated carbocycles. The number of aryl methyl sites for hydroxylation is 1. The third-order valence-corrected chi connectivity index (χ3v) is 5.78. The van der Waals surface area contributed by atoms with Crippen LogP contribution in [0.2, 0.25) is 0 Å². The van der Waals surface area contributed by atoms with Crippen molar-refractivity contribution in [3.8, 4) is 11.8 Å². The number of hydrogen-bond acceptors (Lipinski definition) is 2. The molecule has 28 heavy (non-hydrogen) atoms. The predicted molar refractivity (Wildman–Crippen MR) is 116 cm³/mol. The Morgan fingerprint density at radius 3 is 2.36 bits per heavy atom. The molecule has 1 N–H and O–H groups in total. The zero-order valence-corrected chi connectivity index (χ0v) is 17.9. The molecule has 0 heterocycles. The summed E-state index contributed by atoms with van der Waals surface area (Å²) in [4.78, 5) is 0.302. The minimum Gasteiger partial charge on any atom is -0.211 e. The first-order valence-corrected chi connectivity index (χ1v) is 11.0. The van der Waals surface area contributed by atoms with E-state index in [-0.39, 0.29) is 5.41 Å². The Morgan fingerprint density at radius 1 is 1.07 bits per heavy atom. The van der Waals surface area contributed by atoms with Gasteiger partial charge in [-0.2, -0.15) is 0 Å². The number of allylic oxidation sites excluding steroid dienone is 1. The molecule has 0 aliphatic heterocycles. The minimum absolute atomic E-state index is 0.141. The summed E-state index contributed by atoms with van der Waals surface area (Å²) >= 11 is 0. The smallest absolute Gasteiger partial charge is 0.211 e. The second-order valence-electron chi connectivity index (χ2n) is 7.73. The second kappa shape index (κ2) is 9.73. The Bertz CT molecular complexity index is 961. The summed E-state index contributed by atoms with van der Waals surface area (Å²) in [5, 5.41) is 0. The van der Waals surface area contributed by atoms with E-state index in [2.05, 4.69) is 43.4 Å². The Hall–Kier alpha value is -2.35. The zero-order chi connectivity index (χ0) is 20.6. The van der Waals surface area contributed by atoms with Crippen molar-refractivity contribution >= 4 is 10.0 Å². The maximum atomic E-state index is 12.3. The van der Waals surface area contributed by atoms with E-state index < -0.39 is 10.0 Å². The van der Waals surface area contributed by atoms with Crippen molar-refractivity contribution in [2.24, 2.45) is 5.41 Å². The maximum Gasteiger partial charge on any atom is 0.240 e. The summed E-state index contributed by atoms with van der Waals surface area (Å²) in [6, 6.07) is 16.8. The van der Waals surface area contributed by atoms with E-state index in [0.717, 1.165) is 17.5 Å². The number of nitrogens with one attached hydrogen (secondary N) is 1. The number of benzene rings is 2. The lowest BCUT2D eigenvalue weighted by Gasteiger charge is -2.18. The highest BCUT2D eigenvalue weighted by atomic mass is 32.2. The highest BCUT2D eigenvalue weighted by molar-refractivity contribution is 7.89. The fourth-order valence-corrected chi connectivity index (χ4v) is 3.94.